The molecule has 0 amide bonds. The Kier molecular flexibility index (Phi) is 13.9. The second-order valence-electron chi connectivity index (χ2n) is 14.0. The van der Waals surface area contributed by atoms with Gasteiger partial charge in [0.2, 0.25) is 0 Å². The number of nitrogens with zero attached hydrogens (tertiary/aromatic N) is 2. The Morgan fingerprint density at radius 3 is 2.21 bits per heavy atom. The van der Waals surface area contributed by atoms with Crippen LogP contribution in [0.15, 0.2) is 0 Å². The molecule has 0 radical (unpaired) electrons. The molecule has 0 aliphatic carbocycles. The Balaban J connectivity index is 2.57. The lowest BCUT2D eigenvalue weighted by atomic mass is 9.78. The molecule has 2 saturated heterocycles. The van der Waals surface area contributed by atoms with E-state index in [1.807, 2.05) is 37.7 Å². The first-order valence-corrected chi connectivity index (χ1v) is 15.9. The average Bonchev–Trinajstić information content (AvgIpc) is 2.92. The molecule has 12 heteroatoms. The van der Waals surface area contributed by atoms with Crippen molar-refractivity contribution in [2.24, 2.45) is 23.5 Å². The third-order valence-electron chi connectivity index (χ3n) is 9.71. The quantitative estimate of drug-likeness (QED) is 0.225. The van der Waals surface area contributed by atoms with E-state index in [9.17, 15) is 30.3 Å². The second kappa shape index (κ2) is 15.6. The standard InChI is InChI=1S/C31H61N3O9/c1-11-23-31(8,40)26(37)21(6)34(13-12-32)16-17(2)15-30(7,39)27(19(4)24(35)20(5)28(38)42-23)43-29-25(36)22(33(9)10)14-18(3)41-29/h17-27,29,35-37,39-40H,11-16,32H2,1-10H3/t17-,18-,19+,20-,21-,22+,23-,24+,25-,26-,27-,29+,30-,31-/m1/s1. The van der Waals surface area contributed by atoms with E-state index in [0.717, 1.165) is 0 Å². The van der Waals surface area contributed by atoms with Crippen LogP contribution in [-0.4, -0.2) is 141 Å². The van der Waals surface area contributed by atoms with Crippen molar-refractivity contribution in [3.05, 3.63) is 0 Å². The van der Waals surface area contributed by atoms with Crippen molar-refractivity contribution in [3.8, 4) is 0 Å². The van der Waals surface area contributed by atoms with E-state index in [-0.39, 0.29) is 30.9 Å². The Hall–Kier alpha value is -0.930. The summed E-state index contributed by atoms with van der Waals surface area (Å²) in [5, 5.41) is 57.6. The van der Waals surface area contributed by atoms with E-state index in [0.29, 0.717) is 26.1 Å². The molecule has 2 aliphatic heterocycles. The lowest BCUT2D eigenvalue weighted by molar-refractivity contribution is -0.299. The summed E-state index contributed by atoms with van der Waals surface area (Å²) in [5.74, 6) is -2.75. The molecule has 12 nitrogen and oxygen atoms in total. The van der Waals surface area contributed by atoms with Crippen LogP contribution < -0.4 is 5.73 Å². The minimum Gasteiger partial charge on any atom is -0.459 e. The van der Waals surface area contributed by atoms with Gasteiger partial charge in [-0.05, 0) is 73.9 Å². The number of carbonyl (C=O) groups is 1. The van der Waals surface area contributed by atoms with Crippen LogP contribution >= 0.6 is 0 Å². The summed E-state index contributed by atoms with van der Waals surface area (Å²) >= 11 is 0. The van der Waals surface area contributed by atoms with Gasteiger partial charge in [-0.3, -0.25) is 9.69 Å². The maximum atomic E-state index is 13.4. The number of hydrogen-bond acceptors (Lipinski definition) is 12. The number of ether oxygens (including phenoxy) is 3. The monoisotopic (exact) mass is 619 g/mol. The Labute approximate surface area is 258 Å². The number of esters is 1. The third kappa shape index (κ3) is 9.08. The molecule has 2 heterocycles. The van der Waals surface area contributed by atoms with E-state index in [1.165, 1.54) is 13.8 Å². The maximum Gasteiger partial charge on any atom is 0.311 e. The van der Waals surface area contributed by atoms with Gasteiger partial charge in [0, 0.05) is 37.6 Å². The first-order chi connectivity index (χ1) is 19.8. The molecular formula is C31H61N3O9. The molecule has 0 unspecified atom stereocenters. The lowest BCUT2D eigenvalue weighted by Gasteiger charge is -2.46. The highest BCUT2D eigenvalue weighted by atomic mass is 16.7. The van der Waals surface area contributed by atoms with Gasteiger partial charge in [-0.25, -0.2) is 0 Å². The van der Waals surface area contributed by atoms with Gasteiger partial charge in [0.1, 0.15) is 23.9 Å². The van der Waals surface area contributed by atoms with Gasteiger partial charge in [-0.1, -0.05) is 20.8 Å². The van der Waals surface area contributed by atoms with E-state index >= 15 is 0 Å². The molecule has 0 aromatic carbocycles. The molecule has 43 heavy (non-hydrogen) atoms. The number of aliphatic hydroxyl groups excluding tert-OH is 3. The van der Waals surface area contributed by atoms with Crippen molar-refractivity contribution in [3.63, 3.8) is 0 Å². The zero-order valence-corrected chi connectivity index (χ0v) is 28.0. The van der Waals surface area contributed by atoms with Crippen LogP contribution in [0, 0.1) is 17.8 Å². The van der Waals surface area contributed by atoms with Crippen molar-refractivity contribution < 1.29 is 44.5 Å². The van der Waals surface area contributed by atoms with Gasteiger partial charge >= 0.3 is 5.97 Å². The minimum atomic E-state index is -1.79. The molecule has 2 rings (SSSR count). The molecule has 0 aromatic heterocycles. The highest BCUT2D eigenvalue weighted by Gasteiger charge is 2.50. The van der Waals surface area contributed by atoms with Gasteiger partial charge < -0.3 is 50.4 Å². The Bertz CT molecular complexity index is 875. The van der Waals surface area contributed by atoms with Gasteiger partial charge in [0.25, 0.3) is 0 Å². The van der Waals surface area contributed by atoms with Gasteiger partial charge in [-0.2, -0.15) is 0 Å². The molecule has 2 fully saturated rings. The normalized spacial score (nSPS) is 46.7. The van der Waals surface area contributed by atoms with Crippen LogP contribution in [0.25, 0.3) is 0 Å². The SMILES string of the molecule is CC[C@H]1OC(=O)[C@H](C)[C@@H](O)[C@H](C)[C@@H](O[C@@H]2O[C@H](C)C[C@H](N(C)C)[C@H]2O)[C@](C)(O)C[C@@H](C)CN(CCN)[C@H](C)[C@@H](O)[C@]1(C)O. The van der Waals surface area contributed by atoms with Crippen molar-refractivity contribution in [1.29, 1.82) is 0 Å². The number of aliphatic hydroxyl groups is 5. The smallest absolute Gasteiger partial charge is 0.311 e. The van der Waals surface area contributed by atoms with Crippen LogP contribution in [0.4, 0.5) is 0 Å². The zero-order valence-electron chi connectivity index (χ0n) is 28.0. The molecular weight excluding hydrogens is 558 g/mol. The van der Waals surface area contributed by atoms with Crippen molar-refractivity contribution >= 4 is 5.97 Å². The molecule has 0 bridgehead atoms. The number of hydrogen-bond donors (Lipinski definition) is 6. The molecule has 7 N–H and O–H groups in total. The molecule has 0 aromatic rings. The summed E-state index contributed by atoms with van der Waals surface area (Å²) in [6.07, 6.45) is -5.97. The lowest BCUT2D eigenvalue weighted by Crippen LogP contribution is -2.60. The second-order valence-corrected chi connectivity index (χ2v) is 14.0. The predicted octanol–water partition coefficient (Wildman–Crippen LogP) is 0.304. The minimum absolute atomic E-state index is 0.148. The van der Waals surface area contributed by atoms with Gasteiger partial charge in [0.05, 0.1) is 29.8 Å². The topological polar surface area (TPSA) is 178 Å². The predicted molar refractivity (Wildman–Crippen MR) is 163 cm³/mol. The molecule has 2 aliphatic rings. The van der Waals surface area contributed by atoms with E-state index in [1.54, 1.807) is 27.7 Å². The van der Waals surface area contributed by atoms with Gasteiger partial charge in [0.15, 0.2) is 6.29 Å². The fourth-order valence-corrected chi connectivity index (χ4v) is 7.07. The summed E-state index contributed by atoms with van der Waals surface area (Å²) in [6.45, 7) is 14.9. The first kappa shape index (κ1) is 38.3. The summed E-state index contributed by atoms with van der Waals surface area (Å²) in [4.78, 5) is 17.2. The van der Waals surface area contributed by atoms with Crippen molar-refractivity contribution in [1.82, 2.24) is 9.80 Å². The molecule has 254 valence electrons. The van der Waals surface area contributed by atoms with Crippen LogP contribution in [0.5, 0.6) is 0 Å². The first-order valence-electron chi connectivity index (χ1n) is 15.9. The fraction of sp³-hybridized carbons (Fsp3) is 0.968. The number of cyclic esters (lactones) is 1. The Morgan fingerprint density at radius 2 is 1.67 bits per heavy atom. The molecule has 0 spiro atoms. The average molecular weight is 620 g/mol. The summed E-state index contributed by atoms with van der Waals surface area (Å²) in [6, 6.07) is -0.807. The molecule has 14 atom stereocenters. The zero-order chi connectivity index (χ0) is 33.0. The third-order valence-corrected chi connectivity index (χ3v) is 9.71. The largest absolute Gasteiger partial charge is 0.459 e. The highest BCUT2D eigenvalue weighted by Crippen LogP contribution is 2.36. The van der Waals surface area contributed by atoms with Crippen LogP contribution in [0.3, 0.4) is 0 Å². The maximum absolute atomic E-state index is 13.4. The number of likely N-dealkylation sites (N-methyl/N-ethyl adjacent to an activating group) is 1. The van der Waals surface area contributed by atoms with Gasteiger partial charge in [-0.15, -0.1) is 0 Å². The van der Waals surface area contributed by atoms with Crippen LogP contribution in [0.2, 0.25) is 0 Å². The van der Waals surface area contributed by atoms with Crippen LogP contribution in [0.1, 0.15) is 74.7 Å². The van der Waals surface area contributed by atoms with Crippen LogP contribution in [-0.2, 0) is 19.0 Å². The summed E-state index contributed by atoms with van der Waals surface area (Å²) < 4.78 is 18.2. The summed E-state index contributed by atoms with van der Waals surface area (Å²) in [7, 11) is 3.74. The fourth-order valence-electron chi connectivity index (χ4n) is 7.07. The summed E-state index contributed by atoms with van der Waals surface area (Å²) in [5.41, 5.74) is 2.60. The van der Waals surface area contributed by atoms with Crippen molar-refractivity contribution in [2.45, 2.75) is 141 Å². The number of carbonyl (C=O) groups excluding carboxylic acids is 1. The Morgan fingerprint density at radius 1 is 1.07 bits per heavy atom. The number of nitrogens with two attached hydrogens (primary N) is 1. The molecule has 0 saturated carbocycles. The van der Waals surface area contributed by atoms with Crippen molar-refractivity contribution in [2.75, 3.05) is 33.7 Å². The highest BCUT2D eigenvalue weighted by molar-refractivity contribution is 5.73. The van der Waals surface area contributed by atoms with E-state index in [4.69, 9.17) is 19.9 Å². The van der Waals surface area contributed by atoms with E-state index in [2.05, 4.69) is 0 Å². The number of rotatable bonds is 6. The van der Waals surface area contributed by atoms with E-state index < -0.39 is 71.9 Å².